The third kappa shape index (κ3) is 2.84. The van der Waals surface area contributed by atoms with Crippen LogP contribution in [-0.4, -0.2) is 17.7 Å². The van der Waals surface area contributed by atoms with Crippen LogP contribution < -0.4 is 9.31 Å². The molecule has 4 rings (SSSR count). The molecular weight excluding hydrogens is 303 g/mol. The Balaban J connectivity index is 1.34. The minimum Gasteiger partial charge on any atom is -0.499 e. The maximum atomic E-state index is 5.41. The number of oxazole rings is 2. The molecule has 4 aromatic heterocycles. The van der Waals surface area contributed by atoms with E-state index in [2.05, 4.69) is 9.97 Å². The maximum absolute atomic E-state index is 5.41. The molecule has 0 bridgehead atoms. The fourth-order valence-electron chi connectivity index (χ4n) is 1.83. The summed E-state index contributed by atoms with van der Waals surface area (Å²) in [5.74, 6) is 2.47. The summed E-state index contributed by atoms with van der Waals surface area (Å²) < 4.78 is 31.5. The zero-order valence-electron chi connectivity index (χ0n) is 11.5. The molecule has 0 unspecified atom stereocenters. The lowest BCUT2D eigenvalue weighted by atomic mass is 10.4. The lowest BCUT2D eigenvalue weighted by molar-refractivity contribution is 0.329. The lowest BCUT2D eigenvalue weighted by Gasteiger charge is -2.00. The van der Waals surface area contributed by atoms with Gasteiger partial charge < -0.3 is 27.0 Å². The highest BCUT2D eigenvalue weighted by Crippen LogP contribution is 2.27. The van der Waals surface area contributed by atoms with Gasteiger partial charge in [-0.1, -0.05) is 0 Å². The van der Waals surface area contributed by atoms with Crippen molar-refractivity contribution in [3.63, 3.8) is 0 Å². The third-order valence-electron chi connectivity index (χ3n) is 2.84. The van der Waals surface area contributed by atoms with Crippen molar-refractivity contribution in [3.8, 4) is 34.9 Å². The van der Waals surface area contributed by atoms with Gasteiger partial charge in [0.1, 0.15) is 0 Å². The molecule has 4 heterocycles. The Kier molecular flexibility index (Phi) is 3.36. The topological polar surface area (TPSA) is 96.8 Å². The smallest absolute Gasteiger partial charge is 0.499 e. The molecule has 8 nitrogen and oxygen atoms in total. The van der Waals surface area contributed by atoms with Crippen LogP contribution in [0.3, 0.4) is 0 Å². The van der Waals surface area contributed by atoms with Crippen LogP contribution in [0.1, 0.15) is 0 Å². The van der Waals surface area contributed by atoms with Crippen molar-refractivity contribution in [2.45, 2.75) is 0 Å². The quantitative estimate of drug-likeness (QED) is 0.501. The summed E-state index contributed by atoms with van der Waals surface area (Å²) >= 11 is 0. The summed E-state index contributed by atoms with van der Waals surface area (Å²) in [6.07, 6.45) is 5.71. The SMILES string of the molecule is [B](Oc1ccc(-c2cnco2)o1)Oc1ccc(-c2cnco2)o1. The summed E-state index contributed by atoms with van der Waals surface area (Å²) in [5.41, 5.74) is 0. The van der Waals surface area contributed by atoms with Crippen LogP contribution in [0.4, 0.5) is 0 Å². The fraction of sp³-hybridized carbons (Fsp3) is 0. The first kappa shape index (κ1) is 13.3. The predicted molar refractivity (Wildman–Crippen MR) is 75.4 cm³/mol. The number of hydrogen-bond acceptors (Lipinski definition) is 8. The molecule has 0 amide bonds. The Labute approximate surface area is 130 Å². The van der Waals surface area contributed by atoms with Crippen LogP contribution in [0.25, 0.3) is 23.0 Å². The molecule has 0 atom stereocenters. The van der Waals surface area contributed by atoms with Gasteiger partial charge in [0, 0.05) is 12.1 Å². The molecule has 0 saturated heterocycles. The van der Waals surface area contributed by atoms with E-state index in [4.69, 9.17) is 27.0 Å². The first-order valence-corrected chi connectivity index (χ1v) is 6.51. The number of rotatable bonds is 6. The van der Waals surface area contributed by atoms with Crippen LogP contribution in [0.2, 0.25) is 0 Å². The van der Waals surface area contributed by atoms with Crippen molar-refractivity contribution in [2.75, 3.05) is 0 Å². The van der Waals surface area contributed by atoms with Gasteiger partial charge in [0.15, 0.2) is 35.8 Å². The molecule has 113 valence electrons. The Bertz CT molecular complexity index is 793. The van der Waals surface area contributed by atoms with Gasteiger partial charge in [-0.3, -0.25) is 0 Å². The summed E-state index contributed by atoms with van der Waals surface area (Å²) in [7, 11) is 1.09. The van der Waals surface area contributed by atoms with Crippen molar-refractivity contribution in [3.05, 3.63) is 49.4 Å². The van der Waals surface area contributed by atoms with Gasteiger partial charge in [0.05, 0.1) is 12.4 Å². The van der Waals surface area contributed by atoms with E-state index < -0.39 is 0 Å². The summed E-state index contributed by atoms with van der Waals surface area (Å²) in [4.78, 5) is 7.62. The van der Waals surface area contributed by atoms with Gasteiger partial charge in [0.25, 0.3) is 11.9 Å². The zero-order chi connectivity index (χ0) is 15.5. The Morgan fingerprint density at radius 2 is 1.22 bits per heavy atom. The van der Waals surface area contributed by atoms with E-state index in [9.17, 15) is 0 Å². The molecule has 0 aliphatic rings. The molecule has 0 aromatic carbocycles. The highest BCUT2D eigenvalue weighted by molar-refractivity contribution is 6.20. The molecule has 0 aliphatic carbocycles. The molecule has 0 aliphatic heterocycles. The highest BCUT2D eigenvalue weighted by atomic mass is 16.7. The van der Waals surface area contributed by atoms with Crippen LogP contribution in [0.15, 0.2) is 67.1 Å². The molecular formula is C14H8BN2O6. The number of furan rings is 2. The van der Waals surface area contributed by atoms with Crippen molar-refractivity contribution in [2.24, 2.45) is 0 Å². The largest absolute Gasteiger partial charge is 0.662 e. The van der Waals surface area contributed by atoms with Crippen molar-refractivity contribution in [1.82, 2.24) is 9.97 Å². The minimum absolute atomic E-state index is 0.235. The van der Waals surface area contributed by atoms with E-state index in [1.54, 1.807) is 24.3 Å². The van der Waals surface area contributed by atoms with Crippen molar-refractivity contribution in [1.29, 1.82) is 0 Å². The number of nitrogens with zero attached hydrogens (tertiary/aromatic N) is 2. The average molecular weight is 311 g/mol. The van der Waals surface area contributed by atoms with Crippen molar-refractivity contribution < 1.29 is 27.0 Å². The minimum atomic E-state index is 0.235. The number of aromatic nitrogens is 2. The molecule has 23 heavy (non-hydrogen) atoms. The van der Waals surface area contributed by atoms with Crippen LogP contribution in [0.5, 0.6) is 11.9 Å². The van der Waals surface area contributed by atoms with Gasteiger partial charge in [0.2, 0.25) is 0 Å². The monoisotopic (exact) mass is 311 g/mol. The second kappa shape index (κ2) is 5.80. The van der Waals surface area contributed by atoms with E-state index in [-0.39, 0.29) is 11.9 Å². The van der Waals surface area contributed by atoms with E-state index in [0.717, 1.165) is 7.69 Å². The molecule has 0 saturated carbocycles. The number of hydrogen-bond donors (Lipinski definition) is 0. The molecule has 0 N–H and O–H groups in total. The van der Waals surface area contributed by atoms with Gasteiger partial charge in [-0.25, -0.2) is 9.97 Å². The van der Waals surface area contributed by atoms with E-state index >= 15 is 0 Å². The highest BCUT2D eigenvalue weighted by Gasteiger charge is 2.12. The second-order valence-electron chi connectivity index (χ2n) is 4.30. The molecule has 1 radical (unpaired) electrons. The van der Waals surface area contributed by atoms with Crippen molar-refractivity contribution >= 4 is 7.69 Å². The van der Waals surface area contributed by atoms with E-state index in [0.29, 0.717) is 23.0 Å². The summed E-state index contributed by atoms with van der Waals surface area (Å²) in [5, 5.41) is 0. The zero-order valence-corrected chi connectivity index (χ0v) is 11.5. The predicted octanol–water partition coefficient (Wildman–Crippen LogP) is 3.17. The standard InChI is InChI=1S/C14H8BN2O6/c1-3-13(20-9(1)11-5-16-7-18-11)22-15-23-14-4-2-10(21-14)12-6-17-8-19-12/h1-8H. The van der Waals surface area contributed by atoms with Gasteiger partial charge in [-0.05, 0) is 12.1 Å². The van der Waals surface area contributed by atoms with Gasteiger partial charge >= 0.3 is 7.69 Å². The Hall–Kier alpha value is -3.36. The van der Waals surface area contributed by atoms with Gasteiger partial charge in [-0.15, -0.1) is 0 Å². The fourth-order valence-corrected chi connectivity index (χ4v) is 1.83. The normalized spacial score (nSPS) is 10.6. The van der Waals surface area contributed by atoms with Crippen LogP contribution >= 0.6 is 0 Å². The van der Waals surface area contributed by atoms with E-state index in [1.165, 1.54) is 25.2 Å². The molecule has 0 fully saturated rings. The molecule has 0 spiro atoms. The summed E-state index contributed by atoms with van der Waals surface area (Å²) in [6, 6.07) is 6.64. The Morgan fingerprint density at radius 3 is 1.65 bits per heavy atom. The molecule has 4 aromatic rings. The molecule has 9 heteroatoms. The van der Waals surface area contributed by atoms with Crippen LogP contribution in [-0.2, 0) is 0 Å². The van der Waals surface area contributed by atoms with Gasteiger partial charge in [-0.2, -0.15) is 0 Å². The first-order chi connectivity index (χ1) is 11.4. The third-order valence-corrected chi connectivity index (χ3v) is 2.84. The second-order valence-corrected chi connectivity index (χ2v) is 4.30. The summed E-state index contributed by atoms with van der Waals surface area (Å²) in [6.45, 7) is 0. The Morgan fingerprint density at radius 1 is 0.696 bits per heavy atom. The first-order valence-electron chi connectivity index (χ1n) is 6.51. The van der Waals surface area contributed by atoms with E-state index in [1.807, 2.05) is 0 Å². The van der Waals surface area contributed by atoms with Crippen LogP contribution in [0, 0.1) is 0 Å². The average Bonchev–Trinajstić information content (AvgIpc) is 3.33. The lowest BCUT2D eigenvalue weighted by Crippen LogP contribution is -2.09. The maximum Gasteiger partial charge on any atom is 0.662 e.